The van der Waals surface area contributed by atoms with Gasteiger partial charge in [0.25, 0.3) is 0 Å². The smallest absolute Gasteiger partial charge is 0.405 e. The summed E-state index contributed by atoms with van der Waals surface area (Å²) in [6, 6.07) is 6.84. The molecule has 12 heteroatoms. The zero-order valence-corrected chi connectivity index (χ0v) is 27.8. The average Bonchev–Trinajstić information content (AvgIpc) is 3.27. The van der Waals surface area contributed by atoms with Crippen LogP contribution < -0.4 is 15.4 Å². The maximum atomic E-state index is 15.4. The molecule has 1 aliphatic heterocycles. The number of nitrogens with zero attached hydrogens (tertiary/aromatic N) is 3. The molecule has 2 aliphatic rings. The van der Waals surface area contributed by atoms with Crippen LogP contribution in [0.4, 0.5) is 9.18 Å². The summed E-state index contributed by atoms with van der Waals surface area (Å²) in [7, 11) is -1.20. The Kier molecular flexibility index (Phi) is 10.5. The highest BCUT2D eigenvalue weighted by molar-refractivity contribution is 6.76. The highest BCUT2D eigenvalue weighted by Gasteiger charge is 2.31. The number of rotatable bonds is 13. The number of carbonyl (C=O) groups excluding carboxylic acids is 1. The van der Waals surface area contributed by atoms with Crippen molar-refractivity contribution in [1.82, 2.24) is 25.1 Å². The molecule has 1 aromatic carbocycles. The molecular weight excluding hydrogens is 593 g/mol. The number of nitrogens with one attached hydrogen (secondary N) is 2. The number of aryl methyl sites for hydroxylation is 1. The molecule has 1 saturated heterocycles. The van der Waals surface area contributed by atoms with Crippen LogP contribution in [-0.4, -0.2) is 77.5 Å². The fourth-order valence-electron chi connectivity index (χ4n) is 6.04. The molecule has 2 aromatic heterocycles. The molecule has 10 nitrogen and oxygen atoms in total. The molecule has 1 aliphatic carbocycles. The number of halogens is 1. The fraction of sp³-hybridized carbons (Fsp3) is 0.545. The number of hydrogen-bond donors (Lipinski definition) is 3. The number of fused-ring (bicyclic) bond motifs is 1. The van der Waals surface area contributed by atoms with E-state index < -0.39 is 31.9 Å². The normalized spacial score (nSPS) is 17.2. The first-order valence-electron chi connectivity index (χ1n) is 16.0. The summed E-state index contributed by atoms with van der Waals surface area (Å²) in [5.41, 5.74) is 2.10. The Bertz CT molecular complexity index is 1500. The first-order chi connectivity index (χ1) is 21.5. The molecule has 1 saturated carbocycles. The molecule has 0 bridgehead atoms. The van der Waals surface area contributed by atoms with Crippen molar-refractivity contribution in [3.63, 3.8) is 0 Å². The van der Waals surface area contributed by atoms with E-state index in [1.165, 1.54) is 31.4 Å². The topological polar surface area (TPSA) is 118 Å². The number of aromatic nitrogens is 2. The number of pyridine rings is 1. The van der Waals surface area contributed by atoms with E-state index >= 15 is 4.39 Å². The third-order valence-electron chi connectivity index (χ3n) is 8.87. The van der Waals surface area contributed by atoms with Gasteiger partial charge in [0.1, 0.15) is 24.2 Å². The van der Waals surface area contributed by atoms with Gasteiger partial charge in [0.2, 0.25) is 5.91 Å². The predicted octanol–water partition coefficient (Wildman–Crippen LogP) is 5.90. The van der Waals surface area contributed by atoms with Crippen molar-refractivity contribution < 1.29 is 28.6 Å². The summed E-state index contributed by atoms with van der Waals surface area (Å²) in [4.78, 5) is 31.7. The van der Waals surface area contributed by atoms with Gasteiger partial charge in [-0.3, -0.25) is 4.79 Å². The van der Waals surface area contributed by atoms with Crippen LogP contribution in [0.5, 0.6) is 11.5 Å². The van der Waals surface area contributed by atoms with Crippen molar-refractivity contribution in [3.05, 3.63) is 53.6 Å². The van der Waals surface area contributed by atoms with Crippen LogP contribution >= 0.6 is 0 Å². The van der Waals surface area contributed by atoms with Crippen molar-refractivity contribution in [1.29, 1.82) is 0 Å². The number of piperidine rings is 1. The lowest BCUT2D eigenvalue weighted by atomic mass is 9.89. The van der Waals surface area contributed by atoms with Crippen molar-refractivity contribution in [2.24, 2.45) is 0 Å². The minimum absolute atomic E-state index is 0.00772. The van der Waals surface area contributed by atoms with E-state index in [2.05, 4.69) is 40.2 Å². The Morgan fingerprint density at radius 2 is 1.89 bits per heavy atom. The van der Waals surface area contributed by atoms with Gasteiger partial charge in [0.05, 0.1) is 5.39 Å². The summed E-state index contributed by atoms with van der Waals surface area (Å²) in [6.07, 6.45) is 7.73. The minimum atomic E-state index is -1.30. The van der Waals surface area contributed by atoms with Crippen LogP contribution in [0.2, 0.25) is 25.7 Å². The molecule has 1 unspecified atom stereocenters. The number of benzene rings is 1. The van der Waals surface area contributed by atoms with E-state index in [1.54, 1.807) is 18.3 Å². The van der Waals surface area contributed by atoms with Crippen LogP contribution in [0.25, 0.3) is 11.0 Å². The van der Waals surface area contributed by atoms with E-state index in [0.29, 0.717) is 36.3 Å². The Morgan fingerprint density at radius 1 is 1.13 bits per heavy atom. The summed E-state index contributed by atoms with van der Waals surface area (Å²) in [5, 5.41) is 15.5. The Balaban J connectivity index is 1.22. The molecule has 45 heavy (non-hydrogen) atoms. The summed E-state index contributed by atoms with van der Waals surface area (Å²) in [6.45, 7) is 11.8. The molecule has 5 rings (SSSR count). The molecule has 2 amide bonds. The molecule has 3 heterocycles. The molecular formula is C33H46FN5O5Si. The molecule has 244 valence electrons. The maximum absolute atomic E-state index is 15.4. The summed E-state index contributed by atoms with van der Waals surface area (Å²) < 4.78 is 29.3. The second kappa shape index (κ2) is 14.3. The monoisotopic (exact) mass is 639 g/mol. The van der Waals surface area contributed by atoms with E-state index in [1.807, 2.05) is 17.7 Å². The number of carboxylic acid groups (broad SMARTS) is 1. The van der Waals surface area contributed by atoms with Crippen LogP contribution in [0, 0.1) is 12.7 Å². The van der Waals surface area contributed by atoms with Gasteiger partial charge in [-0.25, -0.2) is 14.2 Å². The highest BCUT2D eigenvalue weighted by atomic mass is 28.3. The Labute approximate surface area is 265 Å². The van der Waals surface area contributed by atoms with Crippen molar-refractivity contribution in [3.8, 4) is 11.5 Å². The van der Waals surface area contributed by atoms with Crippen LogP contribution in [0.3, 0.4) is 0 Å². The van der Waals surface area contributed by atoms with Gasteiger partial charge < -0.3 is 34.7 Å². The molecule has 3 aromatic rings. The van der Waals surface area contributed by atoms with Gasteiger partial charge in [-0.1, -0.05) is 32.1 Å². The average molecular weight is 640 g/mol. The van der Waals surface area contributed by atoms with Crippen LogP contribution in [0.1, 0.15) is 43.2 Å². The Morgan fingerprint density at radius 3 is 2.53 bits per heavy atom. The van der Waals surface area contributed by atoms with Gasteiger partial charge in [-0.15, -0.1) is 0 Å². The zero-order chi connectivity index (χ0) is 32.1. The molecule has 3 N–H and O–H groups in total. The quantitative estimate of drug-likeness (QED) is 0.157. The lowest BCUT2D eigenvalue weighted by molar-refractivity contribution is -0.124. The second-order valence-electron chi connectivity index (χ2n) is 13.6. The zero-order valence-electron chi connectivity index (χ0n) is 26.8. The first-order valence-corrected chi connectivity index (χ1v) is 19.7. The summed E-state index contributed by atoms with van der Waals surface area (Å²) >= 11 is 0. The third-order valence-corrected chi connectivity index (χ3v) is 10.6. The van der Waals surface area contributed by atoms with Crippen molar-refractivity contribution in [2.45, 2.75) is 96.0 Å². The Hall–Kier alpha value is -3.48. The van der Waals surface area contributed by atoms with Crippen LogP contribution in [0.15, 0.2) is 36.7 Å². The maximum Gasteiger partial charge on any atom is 0.405 e. The van der Waals surface area contributed by atoms with Gasteiger partial charge in [-0.2, -0.15) is 0 Å². The molecule has 1 atom stereocenters. The van der Waals surface area contributed by atoms with E-state index in [4.69, 9.17) is 9.47 Å². The fourth-order valence-corrected chi connectivity index (χ4v) is 6.79. The lowest BCUT2D eigenvalue weighted by Crippen LogP contribution is -2.54. The number of amides is 2. The molecule has 0 spiro atoms. The molecule has 2 fully saturated rings. The van der Waals surface area contributed by atoms with Gasteiger partial charge in [0.15, 0.2) is 11.6 Å². The van der Waals surface area contributed by atoms with E-state index in [0.717, 1.165) is 42.9 Å². The lowest BCUT2D eigenvalue weighted by Gasteiger charge is -2.42. The standard InChI is InChI=1S/C33H46FN5O5Si/c1-22-20-39(21-43-16-17-45(2,3)4)31-30(22)29(10-13-35-31)44-28-9-8-23(18-26(28)34)19-27(37-33(41)42)32(40)36-24-11-14-38(15-12-24)25-6-5-7-25/h8-10,13,18,20,24-25,27,37H,5-7,11-12,14-17,19,21H2,1-4H3,(H,36,40)(H,41,42). The van der Waals surface area contributed by atoms with Gasteiger partial charge in [0, 0.05) is 58.7 Å². The molecule has 0 radical (unpaired) electrons. The largest absolute Gasteiger partial charge is 0.465 e. The SMILES string of the molecule is Cc1cn(COCC[Si](C)(C)C)c2nccc(Oc3ccc(CC(NC(=O)O)C(=O)NC4CCN(C5CCC5)CC4)cc3F)c12. The number of likely N-dealkylation sites (tertiary alicyclic amines) is 1. The predicted molar refractivity (Wildman–Crippen MR) is 174 cm³/mol. The summed E-state index contributed by atoms with van der Waals surface area (Å²) in [5.74, 6) is -0.515. The number of ether oxygens (including phenoxy) is 2. The van der Waals surface area contributed by atoms with Gasteiger partial charge in [-0.05, 0) is 68.0 Å². The van der Waals surface area contributed by atoms with Crippen LogP contribution in [-0.2, 0) is 22.7 Å². The second-order valence-corrected chi connectivity index (χ2v) is 19.2. The number of carbonyl (C=O) groups is 2. The van der Waals surface area contributed by atoms with E-state index in [-0.39, 0.29) is 18.2 Å². The third kappa shape index (κ3) is 8.62. The van der Waals surface area contributed by atoms with Gasteiger partial charge >= 0.3 is 6.09 Å². The first kappa shape index (κ1) is 32.9. The van der Waals surface area contributed by atoms with Crippen molar-refractivity contribution >= 4 is 31.1 Å². The van der Waals surface area contributed by atoms with Crippen molar-refractivity contribution in [2.75, 3.05) is 19.7 Å². The highest BCUT2D eigenvalue weighted by Crippen LogP contribution is 2.34. The minimum Gasteiger partial charge on any atom is -0.465 e. The number of hydrogen-bond acceptors (Lipinski definition) is 6. The van der Waals surface area contributed by atoms with E-state index in [9.17, 15) is 14.7 Å².